The molecule has 130 valence electrons. The number of rotatable bonds is 3. The summed E-state index contributed by atoms with van der Waals surface area (Å²) in [5, 5.41) is 11.7. The van der Waals surface area contributed by atoms with Crippen LogP contribution in [0.1, 0.15) is 5.82 Å². The van der Waals surface area contributed by atoms with Crippen LogP contribution in [0.25, 0.3) is 0 Å². The van der Waals surface area contributed by atoms with E-state index < -0.39 is 0 Å². The third-order valence-corrected chi connectivity index (χ3v) is 3.73. The summed E-state index contributed by atoms with van der Waals surface area (Å²) in [7, 11) is 1.71. The molecule has 0 radical (unpaired) electrons. The minimum Gasteiger partial charge on any atom is -0.370 e. The van der Waals surface area contributed by atoms with Crippen LogP contribution in [0, 0.1) is 5.82 Å². The average molecular weight is 446 g/mol. The number of nitrogens with zero attached hydrogens (tertiary/aromatic N) is 7. The Morgan fingerprint density at radius 3 is 2.46 bits per heavy atom. The van der Waals surface area contributed by atoms with E-state index in [1.54, 1.807) is 19.2 Å². The molecule has 10 heteroatoms. The number of guanidine groups is 1. The first-order valence-electron chi connectivity index (χ1n) is 7.40. The van der Waals surface area contributed by atoms with Crippen molar-refractivity contribution >= 4 is 35.6 Å². The SMILES string of the molecule is Cn1nnc(CN=C(N)N2CCN(c3ccc(F)cc3)CC2)n1.I. The summed E-state index contributed by atoms with van der Waals surface area (Å²) < 4.78 is 13.0. The molecule has 2 N–H and O–H groups in total. The van der Waals surface area contributed by atoms with Crippen molar-refractivity contribution < 1.29 is 4.39 Å². The highest BCUT2D eigenvalue weighted by Crippen LogP contribution is 2.16. The predicted octanol–water partition coefficient (Wildman–Crippen LogP) is 0.604. The van der Waals surface area contributed by atoms with Gasteiger partial charge in [0.2, 0.25) is 0 Å². The highest BCUT2D eigenvalue weighted by molar-refractivity contribution is 14.0. The van der Waals surface area contributed by atoms with Crippen molar-refractivity contribution in [2.24, 2.45) is 17.8 Å². The van der Waals surface area contributed by atoms with Crippen LogP contribution in [-0.4, -0.2) is 57.2 Å². The third kappa shape index (κ3) is 4.52. The molecule has 24 heavy (non-hydrogen) atoms. The van der Waals surface area contributed by atoms with Crippen molar-refractivity contribution in [2.45, 2.75) is 6.54 Å². The summed E-state index contributed by atoms with van der Waals surface area (Å²) in [6, 6.07) is 6.54. The summed E-state index contributed by atoms with van der Waals surface area (Å²) in [4.78, 5) is 9.93. The highest BCUT2D eigenvalue weighted by atomic mass is 127. The monoisotopic (exact) mass is 446 g/mol. The van der Waals surface area contributed by atoms with Gasteiger partial charge in [0.25, 0.3) is 0 Å². The van der Waals surface area contributed by atoms with E-state index in [-0.39, 0.29) is 29.8 Å². The molecule has 0 saturated carbocycles. The molecule has 1 aromatic heterocycles. The van der Waals surface area contributed by atoms with E-state index in [9.17, 15) is 4.39 Å². The second kappa shape index (κ2) is 8.22. The average Bonchev–Trinajstić information content (AvgIpc) is 2.99. The first-order valence-corrected chi connectivity index (χ1v) is 7.40. The lowest BCUT2D eigenvalue weighted by molar-refractivity contribution is 0.380. The molecule has 0 bridgehead atoms. The van der Waals surface area contributed by atoms with E-state index in [1.165, 1.54) is 16.9 Å². The number of tetrazole rings is 1. The number of nitrogens with two attached hydrogens (primary N) is 1. The van der Waals surface area contributed by atoms with Crippen LogP contribution in [0.5, 0.6) is 0 Å². The molecule has 0 unspecified atom stereocenters. The third-order valence-electron chi connectivity index (χ3n) is 3.73. The Kier molecular flexibility index (Phi) is 6.29. The van der Waals surface area contributed by atoms with Gasteiger partial charge < -0.3 is 15.5 Å². The zero-order chi connectivity index (χ0) is 16.2. The molecular weight excluding hydrogens is 426 g/mol. The lowest BCUT2D eigenvalue weighted by Crippen LogP contribution is -2.51. The molecule has 2 aromatic rings. The van der Waals surface area contributed by atoms with Gasteiger partial charge in [0.1, 0.15) is 12.4 Å². The van der Waals surface area contributed by atoms with Crippen LogP contribution in [0.4, 0.5) is 10.1 Å². The molecule has 0 spiro atoms. The van der Waals surface area contributed by atoms with Gasteiger partial charge in [-0.2, -0.15) is 4.80 Å². The lowest BCUT2D eigenvalue weighted by atomic mass is 10.2. The fourth-order valence-electron chi connectivity index (χ4n) is 2.48. The standard InChI is InChI=1S/C14H19FN8.HI/c1-21-19-13(18-20-21)10-17-14(16)23-8-6-22(7-9-23)12-4-2-11(15)3-5-12;/h2-5H,6-10H2,1H3,(H2,16,17);1H. The van der Waals surface area contributed by atoms with Crippen molar-refractivity contribution in [3.8, 4) is 0 Å². The molecule has 1 fully saturated rings. The molecule has 1 saturated heterocycles. The van der Waals surface area contributed by atoms with Gasteiger partial charge >= 0.3 is 0 Å². The number of aryl methyl sites for hydroxylation is 1. The number of aromatic nitrogens is 4. The number of halogens is 2. The molecule has 0 aliphatic carbocycles. The molecule has 0 atom stereocenters. The normalized spacial score (nSPS) is 15.3. The van der Waals surface area contributed by atoms with E-state index in [0.717, 1.165) is 31.9 Å². The van der Waals surface area contributed by atoms with E-state index in [0.29, 0.717) is 18.3 Å². The second-order valence-electron chi connectivity index (χ2n) is 5.32. The van der Waals surface area contributed by atoms with E-state index in [4.69, 9.17) is 5.73 Å². The van der Waals surface area contributed by atoms with Crippen LogP contribution in [0.3, 0.4) is 0 Å². The van der Waals surface area contributed by atoms with Crippen molar-refractivity contribution in [2.75, 3.05) is 31.1 Å². The Hall–Kier alpha value is -1.98. The van der Waals surface area contributed by atoms with Crippen molar-refractivity contribution in [3.63, 3.8) is 0 Å². The maximum atomic E-state index is 13.0. The molecule has 3 rings (SSSR count). The van der Waals surface area contributed by atoms with Gasteiger partial charge in [-0.1, -0.05) is 0 Å². The minimum absolute atomic E-state index is 0. The maximum absolute atomic E-state index is 13.0. The lowest BCUT2D eigenvalue weighted by Gasteiger charge is -2.36. The smallest absolute Gasteiger partial charge is 0.196 e. The first-order chi connectivity index (χ1) is 11.1. The van der Waals surface area contributed by atoms with Gasteiger partial charge in [0, 0.05) is 31.9 Å². The Morgan fingerprint density at radius 1 is 1.21 bits per heavy atom. The predicted molar refractivity (Wildman–Crippen MR) is 99.7 cm³/mol. The number of benzene rings is 1. The molecule has 1 aliphatic heterocycles. The van der Waals surface area contributed by atoms with Crippen molar-refractivity contribution in [1.29, 1.82) is 0 Å². The maximum Gasteiger partial charge on any atom is 0.196 e. The fraction of sp³-hybridized carbons (Fsp3) is 0.429. The number of piperazine rings is 1. The molecule has 1 aliphatic rings. The largest absolute Gasteiger partial charge is 0.370 e. The van der Waals surface area contributed by atoms with Crippen molar-refractivity contribution in [3.05, 3.63) is 35.9 Å². The van der Waals surface area contributed by atoms with Crippen LogP contribution in [0.15, 0.2) is 29.3 Å². The number of aliphatic imine (C=N–C) groups is 1. The van der Waals surface area contributed by atoms with Gasteiger partial charge in [-0.15, -0.1) is 34.2 Å². The molecule has 2 heterocycles. The Labute approximate surface area is 156 Å². The Morgan fingerprint density at radius 2 is 1.88 bits per heavy atom. The van der Waals surface area contributed by atoms with Crippen molar-refractivity contribution in [1.82, 2.24) is 25.1 Å². The first kappa shape index (κ1) is 18.4. The molecular formula is C14H20FIN8. The Bertz CT molecular complexity index is 678. The van der Waals surface area contributed by atoms with Gasteiger partial charge in [0.05, 0.1) is 7.05 Å². The zero-order valence-corrected chi connectivity index (χ0v) is 15.7. The van der Waals surface area contributed by atoms with Crippen LogP contribution >= 0.6 is 24.0 Å². The summed E-state index contributed by atoms with van der Waals surface area (Å²) in [6.07, 6.45) is 0. The minimum atomic E-state index is -0.221. The van der Waals surface area contributed by atoms with Gasteiger partial charge in [0.15, 0.2) is 11.8 Å². The highest BCUT2D eigenvalue weighted by Gasteiger charge is 2.18. The number of anilines is 1. The molecule has 0 amide bonds. The summed E-state index contributed by atoms with van der Waals surface area (Å²) in [6.45, 7) is 3.47. The van der Waals surface area contributed by atoms with Crippen LogP contribution in [-0.2, 0) is 13.6 Å². The second-order valence-corrected chi connectivity index (χ2v) is 5.32. The fourth-order valence-corrected chi connectivity index (χ4v) is 2.48. The molecule has 8 nitrogen and oxygen atoms in total. The Balaban J connectivity index is 0.00000208. The summed E-state index contributed by atoms with van der Waals surface area (Å²) in [5.41, 5.74) is 7.05. The quantitative estimate of drug-likeness (QED) is 0.422. The number of hydrogen-bond acceptors (Lipinski definition) is 5. The van der Waals surface area contributed by atoms with Gasteiger partial charge in [-0.3, -0.25) is 0 Å². The topological polar surface area (TPSA) is 88.5 Å². The van der Waals surface area contributed by atoms with E-state index in [1.807, 2.05) is 4.90 Å². The van der Waals surface area contributed by atoms with E-state index >= 15 is 0 Å². The van der Waals surface area contributed by atoms with Crippen LogP contribution < -0.4 is 10.6 Å². The molecule has 1 aromatic carbocycles. The summed E-state index contributed by atoms with van der Waals surface area (Å²) >= 11 is 0. The van der Waals surface area contributed by atoms with Gasteiger partial charge in [-0.05, 0) is 29.5 Å². The van der Waals surface area contributed by atoms with E-state index in [2.05, 4.69) is 25.3 Å². The zero-order valence-electron chi connectivity index (χ0n) is 13.3. The van der Waals surface area contributed by atoms with Gasteiger partial charge in [-0.25, -0.2) is 9.38 Å². The number of hydrogen-bond donors (Lipinski definition) is 1. The van der Waals surface area contributed by atoms with Crippen LogP contribution in [0.2, 0.25) is 0 Å². The summed E-state index contributed by atoms with van der Waals surface area (Å²) in [5.74, 6) is 0.804.